The maximum absolute atomic E-state index is 10.8. The first kappa shape index (κ1) is 10.4. The molecule has 0 atom stereocenters. The summed E-state index contributed by atoms with van der Waals surface area (Å²) >= 11 is 0. The minimum Gasteiger partial charge on any atom is -0.258 e. The lowest BCUT2D eigenvalue weighted by Gasteiger charge is -1.98. The summed E-state index contributed by atoms with van der Waals surface area (Å²) in [5.41, 5.74) is 0.783. The standard InChI is InChI=1S/C13H11NO2/c15-14(16)13-8-4-3-7-12(13)10-9-11-5-1-2-6-11/h1-11H. The van der Waals surface area contributed by atoms with Crippen LogP contribution in [0.25, 0.3) is 6.08 Å². The van der Waals surface area contributed by atoms with Gasteiger partial charge in [-0.1, -0.05) is 48.6 Å². The van der Waals surface area contributed by atoms with E-state index in [0.717, 1.165) is 0 Å². The summed E-state index contributed by atoms with van der Waals surface area (Å²) in [7, 11) is 0. The van der Waals surface area contributed by atoms with E-state index in [2.05, 4.69) is 0 Å². The molecule has 1 aromatic rings. The Morgan fingerprint density at radius 3 is 2.56 bits per heavy atom. The number of nitrogens with zero attached hydrogens (tertiary/aromatic N) is 1. The fraction of sp³-hybridized carbons (Fsp3) is 0.0769. The molecule has 0 amide bonds. The first-order valence-electron chi connectivity index (χ1n) is 5.04. The average Bonchev–Trinajstić information content (AvgIpc) is 2.79. The van der Waals surface area contributed by atoms with E-state index in [9.17, 15) is 10.1 Å². The first-order valence-corrected chi connectivity index (χ1v) is 5.04. The van der Waals surface area contributed by atoms with Crippen molar-refractivity contribution in [3.8, 4) is 0 Å². The Bertz CT molecular complexity index is 474. The summed E-state index contributed by atoms with van der Waals surface area (Å²) in [6.45, 7) is 0. The van der Waals surface area contributed by atoms with E-state index in [4.69, 9.17) is 0 Å². The Morgan fingerprint density at radius 1 is 1.19 bits per heavy atom. The van der Waals surface area contributed by atoms with Gasteiger partial charge in [-0.3, -0.25) is 10.1 Å². The second kappa shape index (κ2) is 4.57. The van der Waals surface area contributed by atoms with E-state index in [-0.39, 0.29) is 16.5 Å². The molecule has 0 saturated heterocycles. The van der Waals surface area contributed by atoms with Crippen molar-refractivity contribution >= 4 is 11.8 Å². The molecule has 0 aliphatic heterocycles. The molecule has 1 aromatic carbocycles. The fourth-order valence-electron chi connectivity index (χ4n) is 1.59. The molecule has 0 aromatic heterocycles. The molecule has 80 valence electrons. The van der Waals surface area contributed by atoms with Crippen LogP contribution >= 0.6 is 0 Å². The maximum atomic E-state index is 10.8. The molecule has 3 nitrogen and oxygen atoms in total. The molecule has 1 aliphatic carbocycles. The molecule has 16 heavy (non-hydrogen) atoms. The fourth-order valence-corrected chi connectivity index (χ4v) is 1.59. The lowest BCUT2D eigenvalue weighted by molar-refractivity contribution is -0.385. The van der Waals surface area contributed by atoms with E-state index >= 15 is 0 Å². The number of nitro benzene ring substituents is 1. The van der Waals surface area contributed by atoms with Gasteiger partial charge in [0.2, 0.25) is 0 Å². The Hall–Kier alpha value is -2.16. The maximum Gasteiger partial charge on any atom is 0.276 e. The normalized spacial score (nSPS) is 15.0. The van der Waals surface area contributed by atoms with Crippen molar-refractivity contribution in [1.82, 2.24) is 0 Å². The smallest absolute Gasteiger partial charge is 0.258 e. The third-order valence-corrected chi connectivity index (χ3v) is 2.41. The Labute approximate surface area is 93.6 Å². The topological polar surface area (TPSA) is 43.1 Å². The summed E-state index contributed by atoms with van der Waals surface area (Å²) in [6, 6.07) is 6.73. The lowest BCUT2D eigenvalue weighted by Crippen LogP contribution is -1.91. The van der Waals surface area contributed by atoms with Crippen molar-refractivity contribution in [3.63, 3.8) is 0 Å². The lowest BCUT2D eigenvalue weighted by atomic mass is 10.1. The monoisotopic (exact) mass is 213 g/mol. The van der Waals surface area contributed by atoms with Gasteiger partial charge in [0.1, 0.15) is 0 Å². The number of para-hydroxylation sites is 1. The van der Waals surface area contributed by atoms with Crippen LogP contribution in [0.5, 0.6) is 0 Å². The van der Waals surface area contributed by atoms with Crippen molar-refractivity contribution in [1.29, 1.82) is 0 Å². The minimum absolute atomic E-state index is 0.143. The van der Waals surface area contributed by atoms with Crippen LogP contribution in [0.1, 0.15) is 5.56 Å². The van der Waals surface area contributed by atoms with Gasteiger partial charge in [0.25, 0.3) is 5.69 Å². The summed E-state index contributed by atoms with van der Waals surface area (Å²) in [4.78, 5) is 10.4. The SMILES string of the molecule is O=[N+]([O-])c1ccccc1C=CC1C=CC=C1. The molecule has 0 spiro atoms. The van der Waals surface area contributed by atoms with E-state index in [0.29, 0.717) is 5.56 Å². The second-order valence-electron chi connectivity index (χ2n) is 3.52. The molecule has 0 radical (unpaired) electrons. The number of allylic oxidation sites excluding steroid dienone is 5. The molecular weight excluding hydrogens is 202 g/mol. The van der Waals surface area contributed by atoms with Crippen LogP contribution in [-0.2, 0) is 0 Å². The third-order valence-electron chi connectivity index (χ3n) is 2.41. The molecule has 0 bridgehead atoms. The highest BCUT2D eigenvalue weighted by Crippen LogP contribution is 2.20. The van der Waals surface area contributed by atoms with Gasteiger partial charge in [0.15, 0.2) is 0 Å². The Morgan fingerprint density at radius 2 is 1.88 bits per heavy atom. The summed E-state index contributed by atoms with van der Waals surface area (Å²) in [5, 5.41) is 10.8. The first-order chi connectivity index (χ1) is 7.77. The number of nitro groups is 1. The van der Waals surface area contributed by atoms with E-state index in [1.54, 1.807) is 24.3 Å². The van der Waals surface area contributed by atoms with Crippen LogP contribution in [0.15, 0.2) is 54.6 Å². The highest BCUT2D eigenvalue weighted by molar-refractivity contribution is 5.61. The van der Waals surface area contributed by atoms with E-state index in [1.807, 2.05) is 30.4 Å². The molecule has 1 aliphatic rings. The highest BCUT2D eigenvalue weighted by atomic mass is 16.6. The van der Waals surface area contributed by atoms with Gasteiger partial charge < -0.3 is 0 Å². The Kier molecular flexibility index (Phi) is 2.96. The van der Waals surface area contributed by atoms with Gasteiger partial charge in [-0.05, 0) is 6.07 Å². The van der Waals surface area contributed by atoms with Crippen molar-refractivity contribution in [2.45, 2.75) is 0 Å². The van der Waals surface area contributed by atoms with Crippen LogP contribution in [0.3, 0.4) is 0 Å². The largest absolute Gasteiger partial charge is 0.276 e. The average molecular weight is 213 g/mol. The molecule has 3 heteroatoms. The zero-order chi connectivity index (χ0) is 11.4. The molecule has 0 saturated carbocycles. The third kappa shape index (κ3) is 2.25. The second-order valence-corrected chi connectivity index (χ2v) is 3.52. The van der Waals surface area contributed by atoms with Crippen molar-refractivity contribution in [3.05, 3.63) is 70.3 Å². The molecule has 2 rings (SSSR count). The van der Waals surface area contributed by atoms with Crippen LogP contribution in [0.2, 0.25) is 0 Å². The van der Waals surface area contributed by atoms with Crippen molar-refractivity contribution in [2.24, 2.45) is 5.92 Å². The highest BCUT2D eigenvalue weighted by Gasteiger charge is 2.09. The van der Waals surface area contributed by atoms with Gasteiger partial charge in [-0.2, -0.15) is 0 Å². The number of hydrogen-bond acceptors (Lipinski definition) is 2. The summed E-state index contributed by atoms with van der Waals surface area (Å²) in [5.74, 6) is 0.250. The molecule has 0 heterocycles. The molecular formula is C13H11NO2. The van der Waals surface area contributed by atoms with Crippen LogP contribution < -0.4 is 0 Å². The van der Waals surface area contributed by atoms with Gasteiger partial charge in [-0.15, -0.1) is 0 Å². The van der Waals surface area contributed by atoms with E-state index in [1.165, 1.54) is 6.07 Å². The minimum atomic E-state index is -0.361. The zero-order valence-electron chi connectivity index (χ0n) is 8.61. The van der Waals surface area contributed by atoms with Crippen LogP contribution in [-0.4, -0.2) is 4.92 Å². The molecule has 0 N–H and O–H groups in total. The van der Waals surface area contributed by atoms with Gasteiger partial charge in [-0.25, -0.2) is 0 Å². The summed E-state index contributed by atoms with van der Waals surface area (Å²) < 4.78 is 0. The van der Waals surface area contributed by atoms with Gasteiger partial charge in [0.05, 0.1) is 10.5 Å². The predicted octanol–water partition coefficient (Wildman–Crippen LogP) is 3.35. The number of rotatable bonds is 3. The number of hydrogen-bond donors (Lipinski definition) is 0. The summed E-state index contributed by atoms with van der Waals surface area (Å²) in [6.07, 6.45) is 11.7. The van der Waals surface area contributed by atoms with Crippen molar-refractivity contribution in [2.75, 3.05) is 0 Å². The number of benzene rings is 1. The van der Waals surface area contributed by atoms with Crippen LogP contribution in [0.4, 0.5) is 5.69 Å². The molecule has 0 unspecified atom stereocenters. The van der Waals surface area contributed by atoms with Gasteiger partial charge in [0, 0.05) is 12.0 Å². The van der Waals surface area contributed by atoms with E-state index < -0.39 is 0 Å². The van der Waals surface area contributed by atoms with Crippen molar-refractivity contribution < 1.29 is 4.92 Å². The predicted molar refractivity (Wildman–Crippen MR) is 63.9 cm³/mol. The molecule has 0 fully saturated rings. The zero-order valence-corrected chi connectivity index (χ0v) is 8.61. The quantitative estimate of drug-likeness (QED) is 0.570. The van der Waals surface area contributed by atoms with Crippen LogP contribution in [0, 0.1) is 16.0 Å². The van der Waals surface area contributed by atoms with Gasteiger partial charge >= 0.3 is 0 Å². The Balaban J connectivity index is 2.23.